The van der Waals surface area contributed by atoms with Gasteiger partial charge in [-0.1, -0.05) is 29.4 Å². The monoisotopic (exact) mass is 334 g/mol. The lowest BCUT2D eigenvalue weighted by molar-refractivity contribution is -0.147. The Balaban J connectivity index is 2.29. The van der Waals surface area contributed by atoms with Crippen molar-refractivity contribution in [1.29, 1.82) is 0 Å². The van der Waals surface area contributed by atoms with E-state index in [-0.39, 0.29) is 19.0 Å². The van der Waals surface area contributed by atoms with Crippen LogP contribution in [0.5, 0.6) is 0 Å². The molecule has 0 aromatic heterocycles. The molecular formula is C20H30O4. The Labute approximate surface area is 145 Å². The third-order valence-electron chi connectivity index (χ3n) is 5.01. The summed E-state index contributed by atoms with van der Waals surface area (Å²) in [7, 11) is 1.62. The van der Waals surface area contributed by atoms with Crippen molar-refractivity contribution in [2.75, 3.05) is 13.9 Å². The van der Waals surface area contributed by atoms with Gasteiger partial charge in [0.15, 0.2) is 0 Å². The van der Waals surface area contributed by atoms with E-state index in [1.165, 1.54) is 11.1 Å². The van der Waals surface area contributed by atoms with Gasteiger partial charge in [0.2, 0.25) is 0 Å². The Morgan fingerprint density at radius 3 is 2.79 bits per heavy atom. The molecule has 0 radical (unpaired) electrons. The largest absolute Gasteiger partial charge is 0.367 e. The lowest BCUT2D eigenvalue weighted by Gasteiger charge is -2.29. The minimum atomic E-state index is -0.439. The maximum absolute atomic E-state index is 11.6. The van der Waals surface area contributed by atoms with Crippen LogP contribution in [0.15, 0.2) is 34.9 Å². The predicted octanol–water partition coefficient (Wildman–Crippen LogP) is 4.12. The highest BCUT2D eigenvalue weighted by molar-refractivity contribution is 5.75. The maximum atomic E-state index is 11.6. The smallest absolute Gasteiger partial charge is 0.148 e. The fourth-order valence-electron chi connectivity index (χ4n) is 3.36. The second-order valence-electron chi connectivity index (χ2n) is 7.11. The molecule has 1 fully saturated rings. The topological polar surface area (TPSA) is 44.8 Å². The first-order chi connectivity index (χ1) is 11.5. The molecule has 2 aliphatic rings. The first kappa shape index (κ1) is 19.1. The lowest BCUT2D eigenvalue weighted by Crippen LogP contribution is -2.38. The molecule has 24 heavy (non-hydrogen) atoms. The van der Waals surface area contributed by atoms with Gasteiger partial charge in [0, 0.05) is 19.1 Å². The number of methoxy groups -OCH3 is 1. The summed E-state index contributed by atoms with van der Waals surface area (Å²) < 4.78 is 17.3. The lowest BCUT2D eigenvalue weighted by atomic mass is 9.90. The Morgan fingerprint density at radius 1 is 1.29 bits per heavy atom. The van der Waals surface area contributed by atoms with Crippen molar-refractivity contribution in [3.8, 4) is 0 Å². The van der Waals surface area contributed by atoms with E-state index in [0.29, 0.717) is 12.0 Å². The first-order valence-corrected chi connectivity index (χ1v) is 8.75. The average Bonchev–Trinajstić information content (AvgIpc) is 2.88. The minimum absolute atomic E-state index is 0.0461. The van der Waals surface area contributed by atoms with Crippen LogP contribution in [0.1, 0.15) is 52.9 Å². The van der Waals surface area contributed by atoms with Crippen molar-refractivity contribution in [3.05, 3.63) is 34.9 Å². The molecule has 0 amide bonds. The molecule has 134 valence electrons. The standard InChI is InChI=1S/C20H30O4/c1-15-6-5-7-16(2)9-11-19-20(3,23-14-22-4)12-18(24-19)17(13-21)10-8-15/h7-8,10,13,18-19H,5-6,9,11-12,14H2,1-4H3/b15-8-,16-7-,17-10+/t18-,19-,20+/m0/s1. The Bertz CT molecular complexity index is 532. The highest BCUT2D eigenvalue weighted by atomic mass is 16.7. The number of hydrogen-bond donors (Lipinski definition) is 0. The van der Waals surface area contributed by atoms with Gasteiger partial charge in [-0.2, -0.15) is 0 Å². The second-order valence-corrected chi connectivity index (χ2v) is 7.11. The van der Waals surface area contributed by atoms with Crippen LogP contribution < -0.4 is 0 Å². The third-order valence-corrected chi connectivity index (χ3v) is 5.01. The van der Waals surface area contributed by atoms with E-state index in [1.807, 2.05) is 12.2 Å². The summed E-state index contributed by atoms with van der Waals surface area (Å²) in [5.41, 5.74) is 2.90. The van der Waals surface area contributed by atoms with Crippen LogP contribution in [-0.2, 0) is 19.0 Å². The van der Waals surface area contributed by atoms with Gasteiger partial charge in [0.25, 0.3) is 0 Å². The van der Waals surface area contributed by atoms with Crippen molar-refractivity contribution in [2.24, 2.45) is 0 Å². The van der Waals surface area contributed by atoms with Crippen molar-refractivity contribution < 1.29 is 19.0 Å². The molecule has 0 unspecified atom stereocenters. The van der Waals surface area contributed by atoms with Gasteiger partial charge in [0.1, 0.15) is 13.1 Å². The fourth-order valence-corrected chi connectivity index (χ4v) is 3.36. The summed E-state index contributed by atoms with van der Waals surface area (Å²) in [6.07, 6.45) is 11.5. The molecule has 3 atom stereocenters. The Morgan fingerprint density at radius 2 is 2.08 bits per heavy atom. The van der Waals surface area contributed by atoms with Crippen LogP contribution >= 0.6 is 0 Å². The zero-order valence-electron chi connectivity index (χ0n) is 15.3. The van der Waals surface area contributed by atoms with E-state index in [0.717, 1.165) is 32.0 Å². The first-order valence-electron chi connectivity index (χ1n) is 8.75. The molecule has 0 spiro atoms. The van der Waals surface area contributed by atoms with Crippen LogP contribution in [0.2, 0.25) is 0 Å². The van der Waals surface area contributed by atoms with Gasteiger partial charge in [-0.25, -0.2) is 0 Å². The average molecular weight is 334 g/mol. The Hall–Kier alpha value is -1.23. The highest BCUT2D eigenvalue weighted by Crippen LogP contribution is 2.39. The van der Waals surface area contributed by atoms with Crippen LogP contribution in [0.4, 0.5) is 0 Å². The van der Waals surface area contributed by atoms with Gasteiger partial charge < -0.3 is 14.2 Å². The molecule has 2 bridgehead atoms. The summed E-state index contributed by atoms with van der Waals surface area (Å²) >= 11 is 0. The van der Waals surface area contributed by atoms with E-state index in [4.69, 9.17) is 14.2 Å². The molecule has 0 aliphatic carbocycles. The van der Waals surface area contributed by atoms with Crippen LogP contribution in [0, 0.1) is 0 Å². The second kappa shape index (κ2) is 8.75. The summed E-state index contributed by atoms with van der Waals surface area (Å²) in [6, 6.07) is 0. The van der Waals surface area contributed by atoms with Gasteiger partial charge in [-0.05, 0) is 46.5 Å². The van der Waals surface area contributed by atoms with E-state index < -0.39 is 5.60 Å². The maximum Gasteiger partial charge on any atom is 0.148 e. The van der Waals surface area contributed by atoms with Crippen LogP contribution in [-0.4, -0.2) is 38.0 Å². The third kappa shape index (κ3) is 4.88. The molecule has 0 aromatic rings. The molecule has 2 rings (SSSR count). The van der Waals surface area contributed by atoms with Crippen molar-refractivity contribution in [3.63, 3.8) is 0 Å². The summed E-state index contributed by atoms with van der Waals surface area (Å²) in [5, 5.41) is 0. The van der Waals surface area contributed by atoms with Gasteiger partial charge in [-0.15, -0.1) is 0 Å². The number of aldehydes is 1. The molecule has 1 saturated heterocycles. The van der Waals surface area contributed by atoms with Gasteiger partial charge in [0.05, 0.1) is 17.8 Å². The molecule has 0 N–H and O–H groups in total. The van der Waals surface area contributed by atoms with Crippen LogP contribution in [0.25, 0.3) is 0 Å². The van der Waals surface area contributed by atoms with Gasteiger partial charge in [-0.3, -0.25) is 4.79 Å². The van der Waals surface area contributed by atoms with E-state index in [1.54, 1.807) is 7.11 Å². The number of carbonyl (C=O) groups excluding carboxylic acids is 1. The minimum Gasteiger partial charge on any atom is -0.367 e. The van der Waals surface area contributed by atoms with Crippen LogP contribution in [0.3, 0.4) is 0 Å². The number of hydrogen-bond acceptors (Lipinski definition) is 4. The SMILES string of the molecule is COCO[C@]1(C)C[C@@H]2O[C@H]1CC/C(C)=C\CC/C(C)=C\C=C\2C=O. The Kier molecular flexibility index (Phi) is 6.96. The van der Waals surface area contributed by atoms with Crippen molar-refractivity contribution >= 4 is 6.29 Å². The fraction of sp³-hybridized carbons (Fsp3) is 0.650. The number of rotatable bonds is 4. The number of allylic oxidation sites excluding steroid dienone is 5. The summed E-state index contributed by atoms with van der Waals surface area (Å²) in [6.45, 7) is 6.57. The molecule has 2 heterocycles. The molecule has 4 heteroatoms. The molecular weight excluding hydrogens is 304 g/mol. The normalized spacial score (nSPS) is 38.4. The molecule has 0 saturated carbocycles. The zero-order chi connectivity index (χ0) is 17.6. The highest BCUT2D eigenvalue weighted by Gasteiger charge is 2.46. The molecule has 0 aromatic carbocycles. The number of carbonyl (C=O) groups is 1. The summed E-state index contributed by atoms with van der Waals surface area (Å²) in [5.74, 6) is 0. The number of fused-ring (bicyclic) bond motifs is 2. The van der Waals surface area contributed by atoms with E-state index in [2.05, 4.69) is 26.8 Å². The quantitative estimate of drug-likeness (QED) is 0.441. The van der Waals surface area contributed by atoms with E-state index in [9.17, 15) is 4.79 Å². The van der Waals surface area contributed by atoms with Crippen molar-refractivity contribution in [2.45, 2.75) is 70.7 Å². The van der Waals surface area contributed by atoms with E-state index >= 15 is 0 Å². The molecule has 4 nitrogen and oxygen atoms in total. The van der Waals surface area contributed by atoms with Crippen molar-refractivity contribution in [1.82, 2.24) is 0 Å². The molecule has 2 aliphatic heterocycles. The number of ether oxygens (including phenoxy) is 3. The zero-order valence-corrected chi connectivity index (χ0v) is 15.3. The predicted molar refractivity (Wildman–Crippen MR) is 94.8 cm³/mol. The summed E-state index contributed by atoms with van der Waals surface area (Å²) in [4.78, 5) is 11.6. The van der Waals surface area contributed by atoms with Gasteiger partial charge >= 0.3 is 0 Å².